The van der Waals surface area contributed by atoms with Crippen molar-refractivity contribution < 1.29 is 9.53 Å². The monoisotopic (exact) mass is 186 g/mol. The van der Waals surface area contributed by atoms with Crippen LogP contribution in [0.25, 0.3) is 0 Å². The van der Waals surface area contributed by atoms with Crippen LogP contribution in [0.3, 0.4) is 0 Å². The minimum absolute atomic E-state index is 0.190. The highest BCUT2D eigenvalue weighted by Crippen LogP contribution is 2.23. The van der Waals surface area contributed by atoms with Gasteiger partial charge in [-0.3, -0.25) is 0 Å². The highest BCUT2D eigenvalue weighted by atomic mass is 16.6. The molecule has 1 aliphatic rings. The first kappa shape index (κ1) is 10.3. The number of carbonyl (C=O) groups excluding carboxylic acids is 1. The Morgan fingerprint density at radius 3 is 2.31 bits per heavy atom. The Balaban J connectivity index is 2.38. The van der Waals surface area contributed by atoms with Crippen molar-refractivity contribution in [2.75, 3.05) is 0 Å². The molecule has 13 heavy (non-hydrogen) atoms. The third-order valence-corrected chi connectivity index (χ3v) is 2.07. The molecule has 0 aromatic rings. The smallest absolute Gasteiger partial charge is 0.424 e. The Labute approximate surface area is 79.0 Å². The SMILES string of the molecule is CC(C)(C)OC(=O)N(N)C1CCC1. The number of hydrogen-bond acceptors (Lipinski definition) is 3. The lowest BCUT2D eigenvalue weighted by Crippen LogP contribution is -2.50. The van der Waals surface area contributed by atoms with Crippen LogP contribution in [-0.2, 0) is 4.74 Å². The van der Waals surface area contributed by atoms with Gasteiger partial charge < -0.3 is 4.74 Å². The topological polar surface area (TPSA) is 55.6 Å². The van der Waals surface area contributed by atoms with Gasteiger partial charge in [-0.15, -0.1) is 0 Å². The van der Waals surface area contributed by atoms with Crippen LogP contribution >= 0.6 is 0 Å². The van der Waals surface area contributed by atoms with Crippen molar-refractivity contribution in [1.29, 1.82) is 0 Å². The van der Waals surface area contributed by atoms with Crippen LogP contribution in [0.15, 0.2) is 0 Å². The summed E-state index contributed by atoms with van der Waals surface area (Å²) in [6.07, 6.45) is 2.73. The Bertz CT molecular complexity index is 194. The van der Waals surface area contributed by atoms with E-state index in [2.05, 4.69) is 0 Å². The molecular formula is C9H18N2O2. The molecule has 0 aromatic heterocycles. The summed E-state index contributed by atoms with van der Waals surface area (Å²) in [6.45, 7) is 5.50. The van der Waals surface area contributed by atoms with Gasteiger partial charge in [0.05, 0.1) is 6.04 Å². The second kappa shape index (κ2) is 3.54. The lowest BCUT2D eigenvalue weighted by Gasteiger charge is -2.34. The van der Waals surface area contributed by atoms with Crippen molar-refractivity contribution in [1.82, 2.24) is 5.01 Å². The fourth-order valence-corrected chi connectivity index (χ4v) is 1.13. The summed E-state index contributed by atoms with van der Waals surface area (Å²) in [5.74, 6) is 5.59. The summed E-state index contributed by atoms with van der Waals surface area (Å²) >= 11 is 0. The Morgan fingerprint density at radius 2 is 2.00 bits per heavy atom. The standard InChI is InChI=1S/C9H18N2O2/c1-9(2,3)13-8(12)11(10)7-5-4-6-7/h7H,4-6,10H2,1-3H3. The maximum absolute atomic E-state index is 11.4. The molecule has 1 aliphatic carbocycles. The molecule has 0 unspecified atom stereocenters. The number of nitrogens with zero attached hydrogens (tertiary/aromatic N) is 1. The summed E-state index contributed by atoms with van der Waals surface area (Å²) in [5.41, 5.74) is -0.460. The number of carbonyl (C=O) groups is 1. The number of nitrogens with two attached hydrogens (primary N) is 1. The fourth-order valence-electron chi connectivity index (χ4n) is 1.13. The first-order valence-corrected chi connectivity index (χ1v) is 4.67. The first-order chi connectivity index (χ1) is 5.90. The van der Waals surface area contributed by atoms with E-state index in [-0.39, 0.29) is 6.04 Å². The van der Waals surface area contributed by atoms with Crippen LogP contribution in [0.4, 0.5) is 4.79 Å². The molecule has 4 heteroatoms. The highest BCUT2D eigenvalue weighted by molar-refractivity contribution is 5.67. The van der Waals surface area contributed by atoms with Crippen LogP contribution in [-0.4, -0.2) is 22.7 Å². The third kappa shape index (κ3) is 2.88. The second-order valence-electron chi connectivity index (χ2n) is 4.47. The van der Waals surface area contributed by atoms with Crippen LogP contribution < -0.4 is 5.84 Å². The number of rotatable bonds is 1. The zero-order chi connectivity index (χ0) is 10.1. The lowest BCUT2D eigenvalue weighted by molar-refractivity contribution is 0.00675. The predicted octanol–water partition coefficient (Wildman–Crippen LogP) is 1.65. The normalized spacial score (nSPS) is 17.8. The maximum atomic E-state index is 11.4. The molecule has 0 radical (unpaired) electrons. The third-order valence-electron chi connectivity index (χ3n) is 2.07. The van der Waals surface area contributed by atoms with Gasteiger partial charge in [0.15, 0.2) is 0 Å². The molecule has 2 N–H and O–H groups in total. The number of hydrogen-bond donors (Lipinski definition) is 1. The van der Waals surface area contributed by atoms with Crippen molar-refractivity contribution in [3.8, 4) is 0 Å². The van der Waals surface area contributed by atoms with Gasteiger partial charge in [0, 0.05) is 0 Å². The Morgan fingerprint density at radius 1 is 1.46 bits per heavy atom. The van der Waals surface area contributed by atoms with Crippen molar-refractivity contribution in [3.63, 3.8) is 0 Å². The molecule has 1 fully saturated rings. The zero-order valence-corrected chi connectivity index (χ0v) is 8.54. The van der Waals surface area contributed by atoms with E-state index < -0.39 is 11.7 Å². The minimum Gasteiger partial charge on any atom is -0.443 e. The molecule has 1 saturated carbocycles. The largest absolute Gasteiger partial charge is 0.443 e. The molecule has 0 bridgehead atoms. The molecule has 0 heterocycles. The van der Waals surface area contributed by atoms with E-state index >= 15 is 0 Å². The maximum Gasteiger partial charge on any atom is 0.424 e. The van der Waals surface area contributed by atoms with Crippen molar-refractivity contribution in [2.24, 2.45) is 5.84 Å². The number of ether oxygens (including phenoxy) is 1. The van der Waals surface area contributed by atoms with Gasteiger partial charge in [0.2, 0.25) is 0 Å². The molecule has 4 nitrogen and oxygen atoms in total. The molecule has 1 amide bonds. The highest BCUT2D eigenvalue weighted by Gasteiger charge is 2.29. The molecule has 0 spiro atoms. The minimum atomic E-state index is -0.460. The summed E-state index contributed by atoms with van der Waals surface area (Å²) in [4.78, 5) is 11.4. The first-order valence-electron chi connectivity index (χ1n) is 4.67. The molecular weight excluding hydrogens is 168 g/mol. The van der Waals surface area contributed by atoms with Gasteiger partial charge in [-0.2, -0.15) is 0 Å². The van der Waals surface area contributed by atoms with Gasteiger partial charge in [-0.1, -0.05) is 0 Å². The van der Waals surface area contributed by atoms with Crippen LogP contribution in [0.5, 0.6) is 0 Å². The van der Waals surface area contributed by atoms with Gasteiger partial charge in [0.25, 0.3) is 0 Å². The van der Waals surface area contributed by atoms with Crippen molar-refractivity contribution >= 4 is 6.09 Å². The number of amides is 1. The second-order valence-corrected chi connectivity index (χ2v) is 4.47. The van der Waals surface area contributed by atoms with E-state index in [0.717, 1.165) is 19.3 Å². The van der Waals surface area contributed by atoms with Gasteiger partial charge >= 0.3 is 6.09 Å². The summed E-state index contributed by atoms with van der Waals surface area (Å²) in [5, 5.41) is 1.22. The van der Waals surface area contributed by atoms with Gasteiger partial charge in [0.1, 0.15) is 5.60 Å². The molecule has 0 aromatic carbocycles. The van der Waals surface area contributed by atoms with E-state index in [4.69, 9.17) is 10.6 Å². The lowest BCUT2D eigenvalue weighted by atomic mass is 9.93. The average Bonchev–Trinajstić information content (AvgIpc) is 1.78. The Hall–Kier alpha value is -0.770. The van der Waals surface area contributed by atoms with E-state index in [9.17, 15) is 4.79 Å². The van der Waals surface area contributed by atoms with Gasteiger partial charge in [-0.05, 0) is 40.0 Å². The molecule has 76 valence electrons. The molecule has 1 rings (SSSR count). The van der Waals surface area contributed by atoms with Crippen LogP contribution in [0, 0.1) is 0 Å². The summed E-state index contributed by atoms with van der Waals surface area (Å²) in [7, 11) is 0. The Kier molecular flexibility index (Phi) is 2.81. The van der Waals surface area contributed by atoms with Crippen LogP contribution in [0.1, 0.15) is 40.0 Å². The zero-order valence-electron chi connectivity index (χ0n) is 8.54. The van der Waals surface area contributed by atoms with Gasteiger partial charge in [-0.25, -0.2) is 15.6 Å². The molecule has 0 saturated heterocycles. The summed E-state index contributed by atoms with van der Waals surface area (Å²) in [6, 6.07) is 0.190. The quantitative estimate of drug-likeness (QED) is 0.385. The average molecular weight is 186 g/mol. The fraction of sp³-hybridized carbons (Fsp3) is 0.889. The van der Waals surface area contributed by atoms with E-state index in [1.165, 1.54) is 5.01 Å². The summed E-state index contributed by atoms with van der Waals surface area (Å²) < 4.78 is 5.12. The molecule has 0 aliphatic heterocycles. The van der Waals surface area contributed by atoms with E-state index in [1.54, 1.807) is 0 Å². The van der Waals surface area contributed by atoms with Crippen LogP contribution in [0.2, 0.25) is 0 Å². The van der Waals surface area contributed by atoms with E-state index in [0.29, 0.717) is 0 Å². The molecule has 0 atom stereocenters. The number of hydrazine groups is 1. The van der Waals surface area contributed by atoms with Crippen molar-refractivity contribution in [2.45, 2.75) is 51.7 Å². The van der Waals surface area contributed by atoms with Crippen molar-refractivity contribution in [3.05, 3.63) is 0 Å². The predicted molar refractivity (Wildman–Crippen MR) is 49.9 cm³/mol. The van der Waals surface area contributed by atoms with E-state index in [1.807, 2.05) is 20.8 Å².